The number of amides is 2. The summed E-state index contributed by atoms with van der Waals surface area (Å²) in [4.78, 5) is 35.9. The summed E-state index contributed by atoms with van der Waals surface area (Å²) in [7, 11) is 7.50. The molecule has 1 saturated heterocycles. The van der Waals surface area contributed by atoms with Crippen LogP contribution in [0.15, 0.2) is 18.2 Å². The molecule has 3 aliphatic carbocycles. The third kappa shape index (κ3) is 9.03. The average Bonchev–Trinajstić information content (AvgIpc) is 3.44. The Morgan fingerprint density at radius 2 is 1.86 bits per heavy atom. The molecule has 4 N–H and O–H groups in total. The van der Waals surface area contributed by atoms with Crippen LogP contribution >= 0.6 is 0 Å². The number of hydroxylamine groups is 2. The molecule has 10 nitrogen and oxygen atoms in total. The number of carbonyl (C=O) groups is 2. The Hall–Kier alpha value is -2.24. The van der Waals surface area contributed by atoms with Gasteiger partial charge in [-0.05, 0) is 107 Å². The first-order valence-electron chi connectivity index (χ1n) is 19.2. The molecular formula is C40H69N5O5. The Bertz CT molecular complexity index is 1270. The van der Waals surface area contributed by atoms with Crippen LogP contribution in [0.3, 0.4) is 0 Å². The lowest BCUT2D eigenvalue weighted by Crippen LogP contribution is -2.62. The summed E-state index contributed by atoms with van der Waals surface area (Å²) in [6.45, 7) is 17.4. The molecule has 1 aromatic carbocycles. The van der Waals surface area contributed by atoms with Crippen LogP contribution in [0.4, 0.5) is 0 Å². The molecule has 0 spiro atoms. The molecule has 5 rings (SSSR count). The molecule has 3 saturated carbocycles. The molecule has 1 aliphatic heterocycles. The van der Waals surface area contributed by atoms with Crippen molar-refractivity contribution >= 4 is 11.8 Å². The van der Waals surface area contributed by atoms with Gasteiger partial charge in [0.2, 0.25) is 11.8 Å². The minimum Gasteiger partial charge on any atom is -0.496 e. The van der Waals surface area contributed by atoms with Gasteiger partial charge >= 0.3 is 0 Å². The first kappa shape index (κ1) is 40.5. The minimum absolute atomic E-state index is 0.0275. The first-order chi connectivity index (χ1) is 23.6. The second-order valence-corrected chi connectivity index (χ2v) is 17.0. The number of hydrogen-bond acceptors (Lipinski definition) is 8. The number of rotatable bonds is 18. The van der Waals surface area contributed by atoms with Gasteiger partial charge in [-0.15, -0.1) is 0 Å². The molecule has 0 radical (unpaired) electrons. The molecule has 10 heteroatoms. The molecule has 3 unspecified atom stereocenters. The van der Waals surface area contributed by atoms with E-state index in [4.69, 9.17) is 9.57 Å². The quantitative estimate of drug-likeness (QED) is 0.173. The van der Waals surface area contributed by atoms with Gasteiger partial charge in [0, 0.05) is 36.5 Å². The molecule has 1 heterocycles. The normalized spacial score (nSPS) is 29.4. The molecule has 1 aromatic rings. The van der Waals surface area contributed by atoms with Crippen molar-refractivity contribution in [3.63, 3.8) is 0 Å². The van der Waals surface area contributed by atoms with Crippen LogP contribution in [-0.2, 0) is 21.0 Å². The van der Waals surface area contributed by atoms with E-state index in [0.717, 1.165) is 49.2 Å². The summed E-state index contributed by atoms with van der Waals surface area (Å²) >= 11 is 0. The summed E-state index contributed by atoms with van der Waals surface area (Å²) in [5.74, 6) is 2.62. The van der Waals surface area contributed by atoms with Gasteiger partial charge in [-0.25, -0.2) is 0 Å². The van der Waals surface area contributed by atoms with E-state index in [1.165, 1.54) is 6.42 Å². The smallest absolute Gasteiger partial charge is 0.240 e. The molecule has 4 fully saturated rings. The van der Waals surface area contributed by atoms with Crippen molar-refractivity contribution in [2.75, 3.05) is 47.9 Å². The van der Waals surface area contributed by atoms with Crippen molar-refractivity contribution < 1.29 is 24.3 Å². The monoisotopic (exact) mass is 700 g/mol. The van der Waals surface area contributed by atoms with Crippen LogP contribution in [-0.4, -0.2) is 99.1 Å². The number of methoxy groups -OCH3 is 1. The number of aliphatic hydroxyl groups is 1. The van der Waals surface area contributed by atoms with Gasteiger partial charge in [-0.3, -0.25) is 14.4 Å². The maximum absolute atomic E-state index is 14.6. The number of para-hydroxylation sites is 1. The summed E-state index contributed by atoms with van der Waals surface area (Å²) in [5.41, 5.74) is 2.30. The Morgan fingerprint density at radius 3 is 2.44 bits per heavy atom. The van der Waals surface area contributed by atoms with Crippen molar-refractivity contribution in [1.82, 2.24) is 25.9 Å². The van der Waals surface area contributed by atoms with E-state index in [9.17, 15) is 14.7 Å². The maximum Gasteiger partial charge on any atom is 0.240 e. The molecule has 2 amide bonds. The topological polar surface area (TPSA) is 115 Å². The van der Waals surface area contributed by atoms with Crippen molar-refractivity contribution in [2.45, 2.75) is 117 Å². The van der Waals surface area contributed by atoms with Crippen LogP contribution in [0.5, 0.6) is 5.75 Å². The Labute approximate surface area is 302 Å². The summed E-state index contributed by atoms with van der Waals surface area (Å²) in [6.07, 6.45) is 4.30. The third-order valence-electron chi connectivity index (χ3n) is 12.6. The van der Waals surface area contributed by atoms with E-state index >= 15 is 0 Å². The molecule has 2 bridgehead atoms. The Kier molecular flexibility index (Phi) is 14.2. The Morgan fingerprint density at radius 1 is 1.14 bits per heavy atom. The highest BCUT2D eigenvalue weighted by molar-refractivity contribution is 5.83. The van der Waals surface area contributed by atoms with Crippen LogP contribution < -0.4 is 20.7 Å². The van der Waals surface area contributed by atoms with E-state index in [2.05, 4.69) is 82.6 Å². The van der Waals surface area contributed by atoms with E-state index in [-0.39, 0.29) is 48.3 Å². The molecule has 10 atom stereocenters. The molecular weight excluding hydrogens is 630 g/mol. The van der Waals surface area contributed by atoms with E-state index in [1.54, 1.807) is 14.2 Å². The van der Waals surface area contributed by atoms with Crippen molar-refractivity contribution in [1.29, 1.82) is 0 Å². The SMILES string of the molecule is CNC(=O)C(C)CC(CCN(C)C)c1cccc(CN2O[C@@H](CO)[C@@H](C(C)NCCC(C)C)[C@H]2C(=O)N[C@H]2C[C@H]3C[C@H]([C@@H]2C)C3(C)C)c1OC. The zero-order chi connectivity index (χ0) is 36.9. The highest BCUT2D eigenvalue weighted by Gasteiger charge is 2.57. The fourth-order valence-corrected chi connectivity index (χ4v) is 9.30. The van der Waals surface area contributed by atoms with Gasteiger partial charge in [0.15, 0.2) is 0 Å². The number of ether oxygens (including phenoxy) is 1. The number of nitrogens with zero attached hydrogens (tertiary/aromatic N) is 2. The largest absolute Gasteiger partial charge is 0.496 e. The number of fused-ring (bicyclic) bond motifs is 2. The second-order valence-electron chi connectivity index (χ2n) is 17.0. The van der Waals surface area contributed by atoms with Crippen LogP contribution in [0, 0.1) is 40.9 Å². The lowest BCUT2D eigenvalue weighted by Gasteiger charge is -2.62. The van der Waals surface area contributed by atoms with Crippen LogP contribution in [0.25, 0.3) is 0 Å². The highest BCUT2D eigenvalue weighted by atomic mass is 16.7. The fraction of sp³-hybridized carbons (Fsp3) is 0.800. The van der Waals surface area contributed by atoms with Crippen LogP contribution in [0.1, 0.15) is 97.6 Å². The summed E-state index contributed by atoms with van der Waals surface area (Å²) < 4.78 is 6.15. The van der Waals surface area contributed by atoms with Gasteiger partial charge in [-0.1, -0.05) is 59.7 Å². The lowest BCUT2D eigenvalue weighted by atomic mass is 9.45. The van der Waals surface area contributed by atoms with E-state index < -0.39 is 12.1 Å². The Balaban J connectivity index is 1.65. The summed E-state index contributed by atoms with van der Waals surface area (Å²) in [6, 6.07) is 5.65. The highest BCUT2D eigenvalue weighted by Crippen LogP contribution is 2.61. The van der Waals surface area contributed by atoms with Crippen molar-refractivity contribution in [3.8, 4) is 5.75 Å². The first-order valence-corrected chi connectivity index (χ1v) is 19.2. The number of benzene rings is 1. The van der Waals surface area contributed by atoms with Crippen molar-refractivity contribution in [2.24, 2.45) is 40.9 Å². The minimum atomic E-state index is -0.599. The standard InChI is InChI=1S/C40H69N5O5/c1-24(2)15-17-42-27(5)35-34(23-46)50-45(36(35)39(48)43-33-21-30-20-32(26(33)4)40(30,6)7)22-29-13-12-14-31(37(29)49-11)28(16-18-44(9)10)19-25(3)38(47)41-8/h12-14,24-28,30,32-36,42,46H,15-23H2,1-11H3,(H,41,47)(H,43,48)/t25?,26-,27?,28?,30+,32+,33-,34-,35+,36-/m0/s1. The predicted octanol–water partition coefficient (Wildman–Crippen LogP) is 4.81. The number of aliphatic hydroxyl groups excluding tert-OH is 1. The molecule has 284 valence electrons. The van der Waals surface area contributed by atoms with E-state index in [1.807, 2.05) is 24.1 Å². The van der Waals surface area contributed by atoms with Gasteiger partial charge < -0.3 is 30.7 Å². The average molecular weight is 700 g/mol. The lowest BCUT2D eigenvalue weighted by molar-refractivity contribution is -0.183. The van der Waals surface area contributed by atoms with Crippen LogP contribution in [0.2, 0.25) is 0 Å². The molecule has 50 heavy (non-hydrogen) atoms. The zero-order valence-electron chi connectivity index (χ0n) is 32.9. The second kappa shape index (κ2) is 17.5. The molecule has 4 aliphatic rings. The number of nitrogens with one attached hydrogen (secondary N) is 3. The number of hydrogen-bond donors (Lipinski definition) is 4. The summed E-state index contributed by atoms with van der Waals surface area (Å²) in [5, 5.41) is 22.4. The van der Waals surface area contributed by atoms with Gasteiger partial charge in [0.05, 0.1) is 20.3 Å². The van der Waals surface area contributed by atoms with Gasteiger partial charge in [-0.2, -0.15) is 5.06 Å². The fourth-order valence-electron chi connectivity index (χ4n) is 9.30. The third-order valence-corrected chi connectivity index (χ3v) is 12.6. The number of carbonyl (C=O) groups excluding carboxylic acids is 2. The van der Waals surface area contributed by atoms with Gasteiger partial charge in [0.1, 0.15) is 17.9 Å². The van der Waals surface area contributed by atoms with Crippen molar-refractivity contribution in [3.05, 3.63) is 29.3 Å². The zero-order valence-corrected chi connectivity index (χ0v) is 32.9. The van der Waals surface area contributed by atoms with Gasteiger partial charge in [0.25, 0.3) is 0 Å². The predicted molar refractivity (Wildman–Crippen MR) is 200 cm³/mol. The molecule has 0 aromatic heterocycles. The maximum atomic E-state index is 14.6. The van der Waals surface area contributed by atoms with E-state index in [0.29, 0.717) is 42.1 Å².